The van der Waals surface area contributed by atoms with E-state index in [9.17, 15) is 4.79 Å². The minimum Gasteiger partial charge on any atom is -0.496 e. The first-order valence-electron chi connectivity index (χ1n) is 6.38. The lowest BCUT2D eigenvalue weighted by Gasteiger charge is -2.19. The Hall–Kier alpha value is -1.59. The molecule has 1 aromatic rings. The summed E-state index contributed by atoms with van der Waals surface area (Å²) >= 11 is 0. The van der Waals surface area contributed by atoms with Crippen LogP contribution in [0.4, 0.5) is 0 Å². The van der Waals surface area contributed by atoms with Crippen LogP contribution in [0.2, 0.25) is 0 Å². The van der Waals surface area contributed by atoms with Crippen molar-refractivity contribution >= 4 is 5.97 Å². The van der Waals surface area contributed by atoms with Crippen molar-refractivity contribution in [1.29, 1.82) is 0 Å². The Kier molecular flexibility index (Phi) is 4.39. The van der Waals surface area contributed by atoms with E-state index in [0.29, 0.717) is 13.0 Å². The van der Waals surface area contributed by atoms with Crippen LogP contribution < -0.4 is 10.5 Å². The Bertz CT molecular complexity index is 461. The van der Waals surface area contributed by atoms with Crippen molar-refractivity contribution in [3.8, 4) is 5.75 Å². The predicted molar refractivity (Wildman–Crippen MR) is 70.2 cm³/mol. The number of fused-ring (bicyclic) bond motifs is 1. The number of aliphatic carboxylic acids is 1. The third-order valence-electron chi connectivity index (χ3n) is 3.34. The first kappa shape index (κ1) is 13.8. The van der Waals surface area contributed by atoms with E-state index in [-0.39, 0.29) is 18.6 Å². The molecular weight excluding hydrogens is 246 g/mol. The molecular formula is C14H19NO4. The summed E-state index contributed by atoms with van der Waals surface area (Å²) in [7, 11) is 1.63. The Morgan fingerprint density at radius 2 is 2.32 bits per heavy atom. The van der Waals surface area contributed by atoms with Crippen LogP contribution in [0.5, 0.6) is 5.75 Å². The summed E-state index contributed by atoms with van der Waals surface area (Å²) in [5, 5.41) is 8.60. The lowest BCUT2D eigenvalue weighted by molar-refractivity contribution is -0.137. The molecule has 0 radical (unpaired) electrons. The molecule has 0 heterocycles. The zero-order valence-electron chi connectivity index (χ0n) is 11.0. The molecule has 0 amide bonds. The van der Waals surface area contributed by atoms with Gasteiger partial charge in [-0.1, -0.05) is 12.1 Å². The Morgan fingerprint density at radius 1 is 1.53 bits per heavy atom. The molecule has 3 N–H and O–H groups in total. The highest BCUT2D eigenvalue weighted by Crippen LogP contribution is 2.39. The van der Waals surface area contributed by atoms with Gasteiger partial charge < -0.3 is 20.3 Å². The number of carbonyl (C=O) groups is 1. The molecule has 0 saturated carbocycles. The first-order chi connectivity index (χ1) is 9.13. The first-order valence-corrected chi connectivity index (χ1v) is 6.38. The van der Waals surface area contributed by atoms with Crippen LogP contribution in [0.1, 0.15) is 30.1 Å². The number of carboxylic acids is 1. The van der Waals surface area contributed by atoms with Crippen molar-refractivity contribution < 1.29 is 19.4 Å². The van der Waals surface area contributed by atoms with E-state index in [2.05, 4.69) is 0 Å². The second-order valence-electron chi connectivity index (χ2n) is 4.69. The Labute approximate surface area is 112 Å². The van der Waals surface area contributed by atoms with Crippen molar-refractivity contribution in [3.63, 3.8) is 0 Å². The van der Waals surface area contributed by atoms with Crippen LogP contribution in [-0.4, -0.2) is 30.8 Å². The average Bonchev–Trinajstić information content (AvgIpc) is 2.70. The van der Waals surface area contributed by atoms with Crippen LogP contribution in [0.3, 0.4) is 0 Å². The van der Waals surface area contributed by atoms with Gasteiger partial charge in [-0.3, -0.25) is 4.79 Å². The van der Waals surface area contributed by atoms with Gasteiger partial charge in [0.2, 0.25) is 0 Å². The number of hydrogen-bond acceptors (Lipinski definition) is 4. The minimum atomic E-state index is -0.808. The summed E-state index contributed by atoms with van der Waals surface area (Å²) in [4.78, 5) is 10.5. The standard InChI is InChI=1S/C14H19NO4/c1-18-11-5-2-4-9-8-10(15)14(13(9)11)19-7-3-6-12(16)17/h2,4-5,10,14H,3,6-8,15H2,1H3,(H,16,17). The van der Waals surface area contributed by atoms with E-state index < -0.39 is 5.97 Å². The maximum Gasteiger partial charge on any atom is 0.303 e. The quantitative estimate of drug-likeness (QED) is 0.762. The summed E-state index contributed by atoms with van der Waals surface area (Å²) < 4.78 is 11.1. The summed E-state index contributed by atoms with van der Waals surface area (Å²) in [5.74, 6) is -0.0222. The molecule has 5 nitrogen and oxygen atoms in total. The minimum absolute atomic E-state index is 0.101. The summed E-state index contributed by atoms with van der Waals surface area (Å²) in [6.45, 7) is 0.391. The second kappa shape index (κ2) is 6.04. The molecule has 0 aromatic heterocycles. The predicted octanol–water partition coefficient (Wildman–Crippen LogP) is 1.50. The van der Waals surface area contributed by atoms with E-state index in [4.69, 9.17) is 20.3 Å². The maximum atomic E-state index is 10.5. The van der Waals surface area contributed by atoms with Crippen LogP contribution in [0.15, 0.2) is 18.2 Å². The van der Waals surface area contributed by atoms with E-state index in [1.165, 1.54) is 0 Å². The number of methoxy groups -OCH3 is 1. The largest absolute Gasteiger partial charge is 0.496 e. The molecule has 5 heteroatoms. The number of carboxylic acid groups (broad SMARTS) is 1. The molecule has 1 aliphatic carbocycles. The topological polar surface area (TPSA) is 81.8 Å². The smallest absolute Gasteiger partial charge is 0.303 e. The van der Waals surface area contributed by atoms with Crippen LogP contribution in [0.25, 0.3) is 0 Å². The van der Waals surface area contributed by atoms with Gasteiger partial charge in [0.05, 0.1) is 7.11 Å². The van der Waals surface area contributed by atoms with E-state index in [1.807, 2.05) is 18.2 Å². The van der Waals surface area contributed by atoms with E-state index >= 15 is 0 Å². The van der Waals surface area contributed by atoms with Crippen molar-refractivity contribution in [2.24, 2.45) is 5.73 Å². The highest BCUT2D eigenvalue weighted by molar-refractivity contribution is 5.66. The van der Waals surface area contributed by atoms with Crippen LogP contribution in [0, 0.1) is 0 Å². The second-order valence-corrected chi connectivity index (χ2v) is 4.69. The molecule has 0 fully saturated rings. The Morgan fingerprint density at radius 3 is 3.00 bits per heavy atom. The fourth-order valence-corrected chi connectivity index (χ4v) is 2.48. The van der Waals surface area contributed by atoms with Gasteiger partial charge in [-0.05, 0) is 24.5 Å². The molecule has 2 rings (SSSR count). The van der Waals surface area contributed by atoms with Crippen molar-refractivity contribution in [2.45, 2.75) is 31.4 Å². The van der Waals surface area contributed by atoms with Gasteiger partial charge in [0, 0.05) is 24.6 Å². The molecule has 2 unspecified atom stereocenters. The maximum absolute atomic E-state index is 10.5. The molecule has 0 saturated heterocycles. The van der Waals surface area contributed by atoms with Gasteiger partial charge >= 0.3 is 5.97 Å². The van der Waals surface area contributed by atoms with Gasteiger partial charge in [-0.25, -0.2) is 0 Å². The Balaban J connectivity index is 2.04. The van der Waals surface area contributed by atoms with Crippen molar-refractivity contribution in [2.75, 3.05) is 13.7 Å². The number of rotatable bonds is 6. The van der Waals surface area contributed by atoms with Crippen LogP contribution in [-0.2, 0) is 16.0 Å². The third-order valence-corrected chi connectivity index (χ3v) is 3.34. The van der Waals surface area contributed by atoms with E-state index in [0.717, 1.165) is 23.3 Å². The molecule has 2 atom stereocenters. The van der Waals surface area contributed by atoms with Crippen molar-refractivity contribution in [1.82, 2.24) is 0 Å². The highest BCUT2D eigenvalue weighted by atomic mass is 16.5. The summed E-state index contributed by atoms with van der Waals surface area (Å²) in [6, 6.07) is 5.76. The number of benzene rings is 1. The van der Waals surface area contributed by atoms with Gasteiger partial charge in [-0.2, -0.15) is 0 Å². The zero-order chi connectivity index (χ0) is 13.8. The number of nitrogens with two attached hydrogens (primary N) is 1. The van der Waals surface area contributed by atoms with E-state index in [1.54, 1.807) is 7.11 Å². The molecule has 0 bridgehead atoms. The lowest BCUT2D eigenvalue weighted by Crippen LogP contribution is -2.27. The average molecular weight is 265 g/mol. The number of ether oxygens (including phenoxy) is 2. The monoisotopic (exact) mass is 265 g/mol. The fraction of sp³-hybridized carbons (Fsp3) is 0.500. The van der Waals surface area contributed by atoms with Gasteiger partial charge in [-0.15, -0.1) is 0 Å². The van der Waals surface area contributed by atoms with Crippen molar-refractivity contribution in [3.05, 3.63) is 29.3 Å². The molecule has 0 spiro atoms. The molecule has 1 aliphatic rings. The lowest BCUT2D eigenvalue weighted by atomic mass is 10.1. The third kappa shape index (κ3) is 3.05. The number of hydrogen-bond donors (Lipinski definition) is 2. The van der Waals surface area contributed by atoms with Gasteiger partial charge in [0.25, 0.3) is 0 Å². The SMILES string of the molecule is COc1cccc2c1C(OCCCC(=O)O)C(N)C2. The molecule has 0 aliphatic heterocycles. The molecule has 104 valence electrons. The fourth-order valence-electron chi connectivity index (χ4n) is 2.48. The summed E-state index contributed by atoms with van der Waals surface area (Å²) in [6.07, 6.45) is 1.15. The van der Waals surface area contributed by atoms with Gasteiger partial charge in [0.15, 0.2) is 0 Å². The normalized spacial score (nSPS) is 21.2. The highest BCUT2D eigenvalue weighted by Gasteiger charge is 2.33. The summed E-state index contributed by atoms with van der Waals surface area (Å²) in [5.41, 5.74) is 8.25. The van der Waals surface area contributed by atoms with Gasteiger partial charge in [0.1, 0.15) is 11.9 Å². The van der Waals surface area contributed by atoms with Crippen LogP contribution >= 0.6 is 0 Å². The molecule has 19 heavy (non-hydrogen) atoms. The molecule has 1 aromatic carbocycles. The zero-order valence-corrected chi connectivity index (χ0v) is 11.0.